The second-order valence-corrected chi connectivity index (χ2v) is 8.26. The van der Waals surface area contributed by atoms with Gasteiger partial charge >= 0.3 is 0 Å². The minimum absolute atomic E-state index is 0.0875. The van der Waals surface area contributed by atoms with Crippen molar-refractivity contribution in [2.24, 2.45) is 40.6 Å². The van der Waals surface area contributed by atoms with E-state index in [1.807, 2.05) is 0 Å². The number of primary amides is 2. The largest absolute Gasteiger partial charge is 0.370 e. The molecule has 0 radical (unpaired) electrons. The lowest BCUT2D eigenvalue weighted by molar-refractivity contribution is -0.154. The molecule has 3 aliphatic carbocycles. The maximum absolute atomic E-state index is 12.8. The molecule has 0 aliphatic heterocycles. The summed E-state index contributed by atoms with van der Waals surface area (Å²) in [5.41, 5.74) is 11.0. The highest BCUT2D eigenvalue weighted by Gasteiger charge is 2.58. The Hall–Kier alpha value is -1.06. The lowest BCUT2D eigenvalue weighted by Crippen LogP contribution is -2.57. The molecule has 4 N–H and O–H groups in total. The molecule has 23 heavy (non-hydrogen) atoms. The number of carbonyl (C=O) groups excluding carboxylic acids is 2. The highest BCUT2D eigenvalue weighted by molar-refractivity contribution is 5.82. The van der Waals surface area contributed by atoms with E-state index >= 15 is 0 Å². The molecular weight excluding hydrogens is 288 g/mol. The van der Waals surface area contributed by atoms with Crippen molar-refractivity contribution in [2.45, 2.75) is 77.0 Å². The molecule has 4 atom stereocenters. The van der Waals surface area contributed by atoms with Crippen LogP contribution in [0.5, 0.6) is 0 Å². The zero-order valence-electron chi connectivity index (χ0n) is 14.3. The fraction of sp³-hybridized carbons (Fsp3) is 0.895. The van der Waals surface area contributed by atoms with Gasteiger partial charge in [0, 0.05) is 6.42 Å². The van der Waals surface area contributed by atoms with Crippen molar-refractivity contribution in [2.75, 3.05) is 0 Å². The first-order chi connectivity index (χ1) is 11.1. The van der Waals surface area contributed by atoms with Gasteiger partial charge in [0.05, 0.1) is 5.41 Å². The van der Waals surface area contributed by atoms with E-state index in [4.69, 9.17) is 11.5 Å². The summed E-state index contributed by atoms with van der Waals surface area (Å²) in [5, 5.41) is 0. The molecule has 0 aromatic heterocycles. The highest BCUT2D eigenvalue weighted by Crippen LogP contribution is 2.61. The lowest BCUT2D eigenvalue weighted by Gasteiger charge is -2.57. The molecule has 130 valence electrons. The summed E-state index contributed by atoms with van der Waals surface area (Å²) in [6.07, 6.45) is 13.0. The molecule has 4 unspecified atom stereocenters. The average Bonchev–Trinajstić information content (AvgIpc) is 2.53. The number of hydrogen-bond donors (Lipinski definition) is 2. The monoisotopic (exact) mass is 320 g/mol. The van der Waals surface area contributed by atoms with Crippen molar-refractivity contribution in [1.29, 1.82) is 0 Å². The summed E-state index contributed by atoms with van der Waals surface area (Å²) in [7, 11) is 0. The van der Waals surface area contributed by atoms with Gasteiger partial charge in [0.1, 0.15) is 0 Å². The van der Waals surface area contributed by atoms with Crippen LogP contribution in [0.2, 0.25) is 0 Å². The van der Waals surface area contributed by atoms with Crippen LogP contribution in [0.25, 0.3) is 0 Å². The van der Waals surface area contributed by atoms with Crippen LogP contribution in [0.3, 0.4) is 0 Å². The molecular formula is C19H32N2O2. The Morgan fingerprint density at radius 3 is 1.87 bits per heavy atom. The molecule has 2 amide bonds. The summed E-state index contributed by atoms with van der Waals surface area (Å²) < 4.78 is 0. The van der Waals surface area contributed by atoms with Crippen LogP contribution in [0.4, 0.5) is 0 Å². The molecule has 3 aliphatic rings. The molecule has 0 saturated heterocycles. The third-order valence-corrected chi connectivity index (χ3v) is 7.22. The van der Waals surface area contributed by atoms with E-state index in [9.17, 15) is 9.59 Å². The predicted octanol–water partition coefficient (Wildman–Crippen LogP) is 3.13. The Morgan fingerprint density at radius 1 is 0.870 bits per heavy atom. The zero-order chi connectivity index (χ0) is 16.4. The van der Waals surface area contributed by atoms with Crippen LogP contribution < -0.4 is 11.5 Å². The van der Waals surface area contributed by atoms with Crippen LogP contribution >= 0.6 is 0 Å². The normalized spacial score (nSPS) is 40.0. The number of carbonyl (C=O) groups is 2. The fourth-order valence-corrected chi connectivity index (χ4v) is 6.41. The Morgan fingerprint density at radius 2 is 1.39 bits per heavy atom. The standard InChI is InChI=1S/C19H32N2O2/c20-17(22)10-5-11-19(18(21)23)15-8-3-1-6-13(15)12-14-7-2-4-9-16(14)19/h13-16H,1-12H2,(H2,20,22)(H2,21,23). The van der Waals surface area contributed by atoms with Crippen LogP contribution in [0.15, 0.2) is 0 Å². The first-order valence-corrected chi connectivity index (χ1v) is 9.64. The summed E-state index contributed by atoms with van der Waals surface area (Å²) in [4.78, 5) is 24.0. The van der Waals surface area contributed by atoms with Gasteiger partial charge in [-0.15, -0.1) is 0 Å². The number of fused-ring (bicyclic) bond motifs is 2. The van der Waals surface area contributed by atoms with Crippen molar-refractivity contribution >= 4 is 11.8 Å². The lowest BCUT2D eigenvalue weighted by atomic mass is 9.46. The smallest absolute Gasteiger partial charge is 0.224 e. The molecule has 3 saturated carbocycles. The number of hydrogen-bond acceptors (Lipinski definition) is 2. The molecule has 0 aromatic carbocycles. The maximum atomic E-state index is 12.8. The number of nitrogens with two attached hydrogens (primary N) is 2. The fourth-order valence-electron chi connectivity index (χ4n) is 6.41. The van der Waals surface area contributed by atoms with Gasteiger partial charge in [0.25, 0.3) is 0 Å². The van der Waals surface area contributed by atoms with Gasteiger partial charge in [-0.1, -0.05) is 38.5 Å². The van der Waals surface area contributed by atoms with Crippen molar-refractivity contribution in [3.63, 3.8) is 0 Å². The van der Waals surface area contributed by atoms with E-state index in [0.717, 1.165) is 19.3 Å². The summed E-state index contributed by atoms with van der Waals surface area (Å²) in [6.45, 7) is 0. The second-order valence-electron chi connectivity index (χ2n) is 8.26. The highest BCUT2D eigenvalue weighted by atomic mass is 16.1. The molecule has 0 aromatic rings. The second kappa shape index (κ2) is 6.82. The summed E-state index contributed by atoms with van der Waals surface area (Å²) in [6, 6.07) is 0. The van der Waals surface area contributed by atoms with Crippen LogP contribution in [-0.2, 0) is 9.59 Å². The Bertz CT molecular complexity index is 440. The van der Waals surface area contributed by atoms with Gasteiger partial charge in [0.15, 0.2) is 0 Å². The molecule has 3 fully saturated rings. The van der Waals surface area contributed by atoms with Crippen molar-refractivity contribution in [3.8, 4) is 0 Å². The first-order valence-electron chi connectivity index (χ1n) is 9.64. The van der Waals surface area contributed by atoms with Gasteiger partial charge in [-0.25, -0.2) is 0 Å². The van der Waals surface area contributed by atoms with Crippen molar-refractivity contribution in [1.82, 2.24) is 0 Å². The third kappa shape index (κ3) is 3.01. The summed E-state index contributed by atoms with van der Waals surface area (Å²) in [5.74, 6) is 1.88. The molecule has 0 bridgehead atoms. The quantitative estimate of drug-likeness (QED) is 0.815. The van der Waals surface area contributed by atoms with Crippen molar-refractivity contribution in [3.05, 3.63) is 0 Å². The molecule has 0 heterocycles. The van der Waals surface area contributed by atoms with E-state index < -0.39 is 0 Å². The minimum Gasteiger partial charge on any atom is -0.370 e. The minimum atomic E-state index is -0.371. The maximum Gasteiger partial charge on any atom is 0.224 e. The Labute approximate surface area is 139 Å². The summed E-state index contributed by atoms with van der Waals surface area (Å²) >= 11 is 0. The van der Waals surface area contributed by atoms with Crippen LogP contribution in [-0.4, -0.2) is 11.8 Å². The average molecular weight is 320 g/mol. The third-order valence-electron chi connectivity index (χ3n) is 7.22. The van der Waals surface area contributed by atoms with E-state index in [2.05, 4.69) is 0 Å². The molecule has 3 rings (SSSR count). The van der Waals surface area contributed by atoms with Gasteiger partial charge < -0.3 is 11.5 Å². The molecule has 4 heteroatoms. The van der Waals surface area contributed by atoms with Gasteiger partial charge in [-0.2, -0.15) is 0 Å². The van der Waals surface area contributed by atoms with E-state index in [-0.39, 0.29) is 17.2 Å². The number of rotatable bonds is 5. The van der Waals surface area contributed by atoms with E-state index in [1.54, 1.807) is 0 Å². The first kappa shape index (κ1) is 16.8. The topological polar surface area (TPSA) is 86.2 Å². The van der Waals surface area contributed by atoms with E-state index in [1.165, 1.54) is 44.9 Å². The van der Waals surface area contributed by atoms with Gasteiger partial charge in [-0.05, 0) is 55.8 Å². The Balaban J connectivity index is 1.91. The SMILES string of the molecule is NC(=O)CCCC1(C(N)=O)C2CCCCC2CC2CCCCC21. The number of amides is 2. The molecule has 0 spiro atoms. The van der Waals surface area contributed by atoms with E-state index in [0.29, 0.717) is 36.5 Å². The molecule has 4 nitrogen and oxygen atoms in total. The van der Waals surface area contributed by atoms with Crippen LogP contribution in [0.1, 0.15) is 77.0 Å². The zero-order valence-corrected chi connectivity index (χ0v) is 14.3. The predicted molar refractivity (Wildman–Crippen MR) is 90.2 cm³/mol. The van der Waals surface area contributed by atoms with Crippen molar-refractivity contribution < 1.29 is 9.59 Å². The van der Waals surface area contributed by atoms with Gasteiger partial charge in [0.2, 0.25) is 11.8 Å². The van der Waals surface area contributed by atoms with Gasteiger partial charge in [-0.3, -0.25) is 9.59 Å². The van der Waals surface area contributed by atoms with Crippen LogP contribution in [0, 0.1) is 29.1 Å². The Kier molecular flexibility index (Phi) is 4.98.